The smallest absolute Gasteiger partial charge is 0.00478 e. The standard InChI is InChI=1S/C17H30N2/c1-5-11-19(14-17(3,4)13-18)12-15(2)16-9-7-6-8-10-16/h6-10,15H,5,11-14,18H2,1-4H3. The van der Waals surface area contributed by atoms with E-state index >= 15 is 0 Å². The minimum atomic E-state index is 0.200. The Hall–Kier alpha value is -0.860. The third-order valence-electron chi connectivity index (χ3n) is 3.64. The summed E-state index contributed by atoms with van der Waals surface area (Å²) in [5, 5.41) is 0. The van der Waals surface area contributed by atoms with Gasteiger partial charge >= 0.3 is 0 Å². The number of benzene rings is 1. The second-order valence-electron chi connectivity index (χ2n) is 6.42. The SMILES string of the molecule is CCCN(CC(C)c1ccccc1)CC(C)(C)CN. The van der Waals surface area contributed by atoms with Crippen LogP contribution in [0.5, 0.6) is 0 Å². The molecule has 1 atom stereocenters. The molecule has 108 valence electrons. The van der Waals surface area contributed by atoms with Gasteiger partial charge in [-0.05, 0) is 36.4 Å². The molecule has 0 radical (unpaired) electrons. The molecule has 0 saturated carbocycles. The van der Waals surface area contributed by atoms with Crippen LogP contribution in [0.2, 0.25) is 0 Å². The summed E-state index contributed by atoms with van der Waals surface area (Å²) in [6, 6.07) is 10.8. The van der Waals surface area contributed by atoms with Gasteiger partial charge in [-0.15, -0.1) is 0 Å². The molecule has 1 aromatic rings. The van der Waals surface area contributed by atoms with Crippen LogP contribution in [0.4, 0.5) is 0 Å². The van der Waals surface area contributed by atoms with Crippen molar-refractivity contribution in [1.82, 2.24) is 4.90 Å². The summed E-state index contributed by atoms with van der Waals surface area (Å²) in [6.45, 7) is 13.2. The molecule has 2 N–H and O–H groups in total. The Labute approximate surface area is 119 Å². The van der Waals surface area contributed by atoms with Crippen molar-refractivity contribution in [2.24, 2.45) is 11.1 Å². The zero-order valence-corrected chi connectivity index (χ0v) is 13.0. The largest absolute Gasteiger partial charge is 0.330 e. The van der Waals surface area contributed by atoms with E-state index in [1.807, 2.05) is 0 Å². The average molecular weight is 262 g/mol. The van der Waals surface area contributed by atoms with Crippen molar-refractivity contribution in [2.45, 2.75) is 40.0 Å². The van der Waals surface area contributed by atoms with E-state index < -0.39 is 0 Å². The lowest BCUT2D eigenvalue weighted by molar-refractivity contribution is 0.176. The number of hydrogen-bond acceptors (Lipinski definition) is 2. The van der Waals surface area contributed by atoms with Gasteiger partial charge in [0.2, 0.25) is 0 Å². The maximum Gasteiger partial charge on any atom is 0.00478 e. The highest BCUT2D eigenvalue weighted by atomic mass is 15.1. The fourth-order valence-corrected chi connectivity index (χ4v) is 2.50. The van der Waals surface area contributed by atoms with Crippen molar-refractivity contribution >= 4 is 0 Å². The molecule has 0 bridgehead atoms. The third kappa shape index (κ3) is 5.75. The van der Waals surface area contributed by atoms with E-state index in [9.17, 15) is 0 Å². The molecular formula is C17H30N2. The van der Waals surface area contributed by atoms with Gasteiger partial charge in [0.15, 0.2) is 0 Å². The zero-order valence-electron chi connectivity index (χ0n) is 13.0. The zero-order chi connectivity index (χ0) is 14.3. The highest BCUT2D eigenvalue weighted by molar-refractivity contribution is 5.19. The van der Waals surface area contributed by atoms with Gasteiger partial charge in [-0.3, -0.25) is 0 Å². The van der Waals surface area contributed by atoms with Crippen molar-refractivity contribution < 1.29 is 0 Å². The van der Waals surface area contributed by atoms with E-state index in [0.717, 1.165) is 26.2 Å². The van der Waals surface area contributed by atoms with Gasteiger partial charge in [0.25, 0.3) is 0 Å². The summed E-state index contributed by atoms with van der Waals surface area (Å²) in [4.78, 5) is 2.56. The monoisotopic (exact) mass is 262 g/mol. The normalized spacial score (nSPS) is 13.8. The number of nitrogens with two attached hydrogens (primary N) is 1. The summed E-state index contributed by atoms with van der Waals surface area (Å²) in [7, 11) is 0. The molecule has 0 spiro atoms. The first-order valence-corrected chi connectivity index (χ1v) is 7.46. The van der Waals surface area contributed by atoms with Gasteiger partial charge in [-0.1, -0.05) is 58.0 Å². The molecule has 0 saturated heterocycles. The van der Waals surface area contributed by atoms with Crippen molar-refractivity contribution in [2.75, 3.05) is 26.2 Å². The van der Waals surface area contributed by atoms with E-state index in [2.05, 4.69) is 62.9 Å². The van der Waals surface area contributed by atoms with Crippen molar-refractivity contribution in [3.8, 4) is 0 Å². The predicted molar refractivity (Wildman–Crippen MR) is 84.4 cm³/mol. The Bertz CT molecular complexity index is 346. The van der Waals surface area contributed by atoms with Crippen LogP contribution in [0.1, 0.15) is 45.6 Å². The van der Waals surface area contributed by atoms with Crippen LogP contribution in [0.15, 0.2) is 30.3 Å². The van der Waals surface area contributed by atoms with Crippen LogP contribution in [0.3, 0.4) is 0 Å². The van der Waals surface area contributed by atoms with E-state index in [0.29, 0.717) is 5.92 Å². The summed E-state index contributed by atoms with van der Waals surface area (Å²) in [6.07, 6.45) is 1.20. The Morgan fingerprint density at radius 2 is 1.84 bits per heavy atom. The van der Waals surface area contributed by atoms with Crippen molar-refractivity contribution in [1.29, 1.82) is 0 Å². The molecule has 0 aliphatic carbocycles. The van der Waals surface area contributed by atoms with Gasteiger partial charge in [-0.2, -0.15) is 0 Å². The quantitative estimate of drug-likeness (QED) is 0.777. The second-order valence-corrected chi connectivity index (χ2v) is 6.42. The Morgan fingerprint density at radius 3 is 2.37 bits per heavy atom. The minimum Gasteiger partial charge on any atom is -0.330 e. The molecule has 0 heterocycles. The molecule has 0 aliphatic rings. The van der Waals surface area contributed by atoms with Crippen LogP contribution in [-0.2, 0) is 0 Å². The maximum atomic E-state index is 5.87. The highest BCUT2D eigenvalue weighted by Gasteiger charge is 2.21. The summed E-state index contributed by atoms with van der Waals surface area (Å²) in [5.41, 5.74) is 7.49. The summed E-state index contributed by atoms with van der Waals surface area (Å²) in [5.74, 6) is 0.571. The average Bonchev–Trinajstić information content (AvgIpc) is 2.39. The van der Waals surface area contributed by atoms with Crippen LogP contribution in [0.25, 0.3) is 0 Å². The van der Waals surface area contributed by atoms with E-state index in [-0.39, 0.29) is 5.41 Å². The first kappa shape index (κ1) is 16.2. The van der Waals surface area contributed by atoms with E-state index in [4.69, 9.17) is 5.73 Å². The fraction of sp³-hybridized carbons (Fsp3) is 0.647. The van der Waals surface area contributed by atoms with Crippen LogP contribution in [-0.4, -0.2) is 31.1 Å². The summed E-state index contributed by atoms with van der Waals surface area (Å²) < 4.78 is 0. The fourth-order valence-electron chi connectivity index (χ4n) is 2.50. The minimum absolute atomic E-state index is 0.200. The maximum absolute atomic E-state index is 5.87. The Morgan fingerprint density at radius 1 is 1.21 bits per heavy atom. The molecule has 1 aromatic carbocycles. The topological polar surface area (TPSA) is 29.3 Å². The number of nitrogens with zero attached hydrogens (tertiary/aromatic N) is 1. The van der Waals surface area contributed by atoms with Gasteiger partial charge in [-0.25, -0.2) is 0 Å². The molecule has 2 nitrogen and oxygen atoms in total. The summed E-state index contributed by atoms with van der Waals surface area (Å²) >= 11 is 0. The first-order valence-electron chi connectivity index (χ1n) is 7.46. The Balaban J connectivity index is 2.63. The predicted octanol–water partition coefficient (Wildman–Crippen LogP) is 3.49. The van der Waals surface area contributed by atoms with E-state index in [1.54, 1.807) is 0 Å². The molecule has 19 heavy (non-hydrogen) atoms. The molecule has 0 aromatic heterocycles. The number of rotatable bonds is 8. The van der Waals surface area contributed by atoms with Gasteiger partial charge in [0.1, 0.15) is 0 Å². The van der Waals surface area contributed by atoms with Crippen LogP contribution in [0, 0.1) is 5.41 Å². The lowest BCUT2D eigenvalue weighted by Crippen LogP contribution is -2.40. The lowest BCUT2D eigenvalue weighted by Gasteiger charge is -2.33. The van der Waals surface area contributed by atoms with Crippen LogP contribution < -0.4 is 5.73 Å². The molecular weight excluding hydrogens is 232 g/mol. The first-order chi connectivity index (χ1) is 8.98. The molecule has 2 heteroatoms. The lowest BCUT2D eigenvalue weighted by atomic mass is 9.92. The van der Waals surface area contributed by atoms with Gasteiger partial charge < -0.3 is 10.6 Å². The van der Waals surface area contributed by atoms with Crippen molar-refractivity contribution in [3.05, 3.63) is 35.9 Å². The van der Waals surface area contributed by atoms with E-state index in [1.165, 1.54) is 12.0 Å². The molecule has 1 unspecified atom stereocenters. The molecule has 1 rings (SSSR count). The van der Waals surface area contributed by atoms with Crippen LogP contribution >= 0.6 is 0 Å². The highest BCUT2D eigenvalue weighted by Crippen LogP contribution is 2.20. The van der Waals surface area contributed by atoms with Gasteiger partial charge in [0, 0.05) is 13.1 Å². The van der Waals surface area contributed by atoms with Gasteiger partial charge in [0.05, 0.1) is 0 Å². The third-order valence-corrected chi connectivity index (χ3v) is 3.64. The van der Waals surface area contributed by atoms with Crippen molar-refractivity contribution in [3.63, 3.8) is 0 Å². The molecule has 0 amide bonds. The molecule has 0 fully saturated rings. The second kappa shape index (κ2) is 7.66. The molecule has 0 aliphatic heterocycles. The number of hydrogen-bond donors (Lipinski definition) is 1. The Kier molecular flexibility index (Phi) is 6.53.